The molecule has 0 spiro atoms. The lowest BCUT2D eigenvalue weighted by atomic mass is 10.1. The van der Waals surface area contributed by atoms with E-state index in [1.54, 1.807) is 39.0 Å². The molecule has 1 aromatic carbocycles. The molecule has 0 unspecified atom stereocenters. The molecule has 0 heterocycles. The highest BCUT2D eigenvalue weighted by Crippen LogP contribution is 2.21. The van der Waals surface area contributed by atoms with Gasteiger partial charge in [0.25, 0.3) is 0 Å². The summed E-state index contributed by atoms with van der Waals surface area (Å²) in [6.07, 6.45) is 0.0735. The van der Waals surface area contributed by atoms with Crippen LogP contribution in [0.4, 0.5) is 4.79 Å². The minimum absolute atomic E-state index is 0.0165. The molecule has 1 amide bonds. The number of hydrogen-bond acceptors (Lipinski definition) is 6. The molecule has 1 rings (SSSR count). The van der Waals surface area contributed by atoms with Crippen LogP contribution in [-0.2, 0) is 20.9 Å². The third kappa shape index (κ3) is 8.00. The fraction of sp³-hybridized carbons (Fsp3) is 0.526. The number of carbonyl (C=O) groups excluding carboxylic acids is 3. The third-order valence-corrected chi connectivity index (χ3v) is 3.30. The quantitative estimate of drug-likeness (QED) is 0.432. The van der Waals surface area contributed by atoms with Crippen molar-refractivity contribution in [2.75, 3.05) is 13.7 Å². The Labute approximate surface area is 154 Å². The Morgan fingerprint density at radius 1 is 1.15 bits per heavy atom. The molecule has 0 atom stereocenters. The van der Waals surface area contributed by atoms with Crippen LogP contribution in [0.3, 0.4) is 0 Å². The van der Waals surface area contributed by atoms with Crippen molar-refractivity contribution in [1.82, 2.24) is 5.32 Å². The first-order valence-electron chi connectivity index (χ1n) is 8.42. The second-order valence-electron chi connectivity index (χ2n) is 6.78. The first-order chi connectivity index (χ1) is 12.1. The van der Waals surface area contributed by atoms with Gasteiger partial charge >= 0.3 is 12.1 Å². The van der Waals surface area contributed by atoms with Crippen LogP contribution in [0.25, 0.3) is 0 Å². The highest BCUT2D eigenvalue weighted by atomic mass is 16.6. The second kappa shape index (κ2) is 9.79. The zero-order valence-electron chi connectivity index (χ0n) is 16.0. The molecule has 0 aliphatic heterocycles. The lowest BCUT2D eigenvalue weighted by Crippen LogP contribution is -2.33. The van der Waals surface area contributed by atoms with Crippen molar-refractivity contribution in [2.24, 2.45) is 0 Å². The zero-order chi connectivity index (χ0) is 19.7. The number of carbonyl (C=O) groups is 3. The Kier molecular flexibility index (Phi) is 8.09. The van der Waals surface area contributed by atoms with Gasteiger partial charge in [0.2, 0.25) is 0 Å². The van der Waals surface area contributed by atoms with E-state index in [-0.39, 0.29) is 18.8 Å². The summed E-state index contributed by atoms with van der Waals surface area (Å²) in [6, 6.07) is 4.98. The van der Waals surface area contributed by atoms with E-state index in [4.69, 9.17) is 14.2 Å². The Hall–Kier alpha value is -2.57. The van der Waals surface area contributed by atoms with E-state index in [0.717, 1.165) is 0 Å². The molecule has 144 valence electrons. The molecule has 0 saturated heterocycles. The van der Waals surface area contributed by atoms with Gasteiger partial charge in [-0.05, 0) is 52.3 Å². The van der Waals surface area contributed by atoms with Crippen LogP contribution in [0.2, 0.25) is 0 Å². The minimum Gasteiger partial charge on any atom is -0.496 e. The number of ether oxygens (including phenoxy) is 3. The van der Waals surface area contributed by atoms with Gasteiger partial charge in [-0.1, -0.05) is 0 Å². The van der Waals surface area contributed by atoms with E-state index >= 15 is 0 Å². The normalized spacial score (nSPS) is 10.8. The van der Waals surface area contributed by atoms with Gasteiger partial charge in [-0.25, -0.2) is 4.79 Å². The highest BCUT2D eigenvalue weighted by Gasteiger charge is 2.15. The number of alkyl carbamates (subject to hydrolysis) is 1. The van der Waals surface area contributed by atoms with Crippen LogP contribution in [0.15, 0.2) is 18.2 Å². The van der Waals surface area contributed by atoms with Crippen LogP contribution in [0, 0.1) is 0 Å². The molecule has 0 radical (unpaired) electrons. The van der Waals surface area contributed by atoms with Crippen LogP contribution in [0.1, 0.15) is 56.5 Å². The summed E-state index contributed by atoms with van der Waals surface area (Å²) in [5.41, 5.74) is 0.593. The average molecular weight is 365 g/mol. The molecular weight excluding hydrogens is 338 g/mol. The fourth-order valence-electron chi connectivity index (χ4n) is 2.08. The SMILES string of the molecule is COc1ccc(C(C)=O)cc1COC(=O)CCCNC(=O)OC(C)(C)C. The highest BCUT2D eigenvalue weighted by molar-refractivity contribution is 5.94. The second-order valence-corrected chi connectivity index (χ2v) is 6.78. The predicted molar refractivity (Wildman–Crippen MR) is 96.3 cm³/mol. The van der Waals surface area contributed by atoms with Crippen LogP contribution in [-0.4, -0.2) is 37.1 Å². The van der Waals surface area contributed by atoms with Gasteiger partial charge in [0.05, 0.1) is 7.11 Å². The monoisotopic (exact) mass is 365 g/mol. The standard InChI is InChI=1S/C19H27NO6/c1-13(21)14-8-9-16(24-5)15(11-14)12-25-17(22)7-6-10-20-18(23)26-19(2,3)4/h8-9,11H,6-7,10,12H2,1-5H3,(H,20,23). The van der Waals surface area contributed by atoms with Crippen molar-refractivity contribution in [1.29, 1.82) is 0 Å². The molecule has 0 bridgehead atoms. The van der Waals surface area contributed by atoms with Gasteiger partial charge < -0.3 is 19.5 Å². The maximum Gasteiger partial charge on any atom is 0.407 e. The van der Waals surface area contributed by atoms with E-state index in [0.29, 0.717) is 29.8 Å². The van der Waals surface area contributed by atoms with Gasteiger partial charge in [0, 0.05) is 24.1 Å². The van der Waals surface area contributed by atoms with E-state index in [1.165, 1.54) is 14.0 Å². The largest absolute Gasteiger partial charge is 0.496 e. The van der Waals surface area contributed by atoms with E-state index in [1.807, 2.05) is 0 Å². The number of ketones is 1. The average Bonchev–Trinajstić information content (AvgIpc) is 2.54. The Bertz CT molecular complexity index is 648. The molecule has 0 saturated carbocycles. The maximum atomic E-state index is 11.8. The van der Waals surface area contributed by atoms with E-state index in [2.05, 4.69) is 5.32 Å². The number of nitrogens with one attached hydrogen (secondary N) is 1. The Morgan fingerprint density at radius 3 is 2.42 bits per heavy atom. The van der Waals surface area contributed by atoms with Gasteiger partial charge in [-0.3, -0.25) is 9.59 Å². The summed E-state index contributed by atoms with van der Waals surface area (Å²) in [4.78, 5) is 34.8. The number of amides is 1. The summed E-state index contributed by atoms with van der Waals surface area (Å²) in [6.45, 7) is 7.13. The Balaban J connectivity index is 2.40. The van der Waals surface area contributed by atoms with Crippen molar-refractivity contribution in [2.45, 2.75) is 52.7 Å². The summed E-state index contributed by atoms with van der Waals surface area (Å²) in [7, 11) is 1.51. The van der Waals surface area contributed by atoms with Gasteiger partial charge in [0.15, 0.2) is 5.78 Å². The first-order valence-corrected chi connectivity index (χ1v) is 8.42. The van der Waals surface area contributed by atoms with Crippen molar-refractivity contribution in [3.05, 3.63) is 29.3 Å². The predicted octanol–water partition coefficient (Wildman–Crippen LogP) is 3.25. The number of Topliss-reactive ketones (excluding diaryl/α,β-unsaturated/α-hetero) is 1. The van der Waals surface area contributed by atoms with Crippen molar-refractivity contribution in [3.63, 3.8) is 0 Å². The van der Waals surface area contributed by atoms with Crippen LogP contribution in [0.5, 0.6) is 5.75 Å². The first kappa shape index (κ1) is 21.5. The molecular formula is C19H27NO6. The molecule has 0 aromatic heterocycles. The van der Waals surface area contributed by atoms with E-state index in [9.17, 15) is 14.4 Å². The lowest BCUT2D eigenvalue weighted by molar-refractivity contribution is -0.145. The zero-order valence-corrected chi connectivity index (χ0v) is 16.0. The van der Waals surface area contributed by atoms with Crippen LogP contribution < -0.4 is 10.1 Å². The lowest BCUT2D eigenvalue weighted by Gasteiger charge is -2.19. The molecule has 0 fully saturated rings. The number of benzene rings is 1. The smallest absolute Gasteiger partial charge is 0.407 e. The van der Waals surface area contributed by atoms with E-state index < -0.39 is 17.7 Å². The number of rotatable bonds is 8. The number of methoxy groups -OCH3 is 1. The molecule has 0 aliphatic rings. The maximum absolute atomic E-state index is 11.8. The molecule has 1 N–H and O–H groups in total. The number of hydrogen-bond donors (Lipinski definition) is 1. The number of esters is 1. The minimum atomic E-state index is -0.559. The molecule has 7 nitrogen and oxygen atoms in total. The summed E-state index contributed by atoms with van der Waals surface area (Å²) in [5.74, 6) is 0.0779. The molecule has 1 aromatic rings. The van der Waals surface area contributed by atoms with Gasteiger partial charge in [-0.2, -0.15) is 0 Å². The Morgan fingerprint density at radius 2 is 1.85 bits per heavy atom. The summed E-state index contributed by atoms with van der Waals surface area (Å²) in [5, 5.41) is 2.58. The van der Waals surface area contributed by atoms with Crippen LogP contribution >= 0.6 is 0 Å². The van der Waals surface area contributed by atoms with Crippen molar-refractivity contribution in [3.8, 4) is 5.75 Å². The fourth-order valence-corrected chi connectivity index (χ4v) is 2.08. The topological polar surface area (TPSA) is 90.9 Å². The summed E-state index contributed by atoms with van der Waals surface area (Å²) < 4.78 is 15.5. The third-order valence-electron chi connectivity index (χ3n) is 3.30. The van der Waals surface area contributed by atoms with Gasteiger partial charge in [-0.15, -0.1) is 0 Å². The summed E-state index contributed by atoms with van der Waals surface area (Å²) >= 11 is 0. The molecule has 0 aliphatic carbocycles. The molecule has 7 heteroatoms. The van der Waals surface area contributed by atoms with Crippen molar-refractivity contribution < 1.29 is 28.6 Å². The molecule has 26 heavy (non-hydrogen) atoms. The van der Waals surface area contributed by atoms with Gasteiger partial charge in [0.1, 0.15) is 18.0 Å². The van der Waals surface area contributed by atoms with Crippen molar-refractivity contribution >= 4 is 17.8 Å².